The molecule has 0 unspecified atom stereocenters. The lowest BCUT2D eigenvalue weighted by Gasteiger charge is -2.33. The Hall–Kier alpha value is -3.26. The van der Waals surface area contributed by atoms with Gasteiger partial charge in [-0.05, 0) is 62.4 Å². The minimum absolute atomic E-state index is 0.126. The largest absolute Gasteiger partial charge is 0.421 e. The number of fused-ring (bicyclic) bond motifs is 1. The van der Waals surface area contributed by atoms with Crippen molar-refractivity contribution in [1.29, 1.82) is 0 Å². The Labute approximate surface area is 199 Å². The summed E-state index contributed by atoms with van der Waals surface area (Å²) in [7, 11) is 2.12. The first-order valence-electron chi connectivity index (χ1n) is 12.0. The number of halogens is 1. The number of nitrogens with one attached hydrogen (secondary N) is 1. The summed E-state index contributed by atoms with van der Waals surface area (Å²) in [4.78, 5) is 18.3. The predicted octanol–water partition coefficient (Wildman–Crippen LogP) is 4.28. The van der Waals surface area contributed by atoms with Crippen molar-refractivity contribution in [3.05, 3.63) is 52.4 Å². The van der Waals surface area contributed by atoms with Gasteiger partial charge in [-0.15, -0.1) is 0 Å². The Morgan fingerprint density at radius 1 is 1.09 bits per heavy atom. The predicted molar refractivity (Wildman–Crippen MR) is 132 cm³/mol. The molecule has 3 heterocycles. The molecule has 2 aromatic rings. The number of amidine groups is 1. The maximum atomic E-state index is 15.2. The molecule has 1 saturated heterocycles. The number of piperazine rings is 1. The molecule has 2 fully saturated rings. The van der Waals surface area contributed by atoms with Gasteiger partial charge in [-0.3, -0.25) is 4.99 Å². The van der Waals surface area contributed by atoms with Gasteiger partial charge in [0, 0.05) is 37.8 Å². The van der Waals surface area contributed by atoms with Crippen molar-refractivity contribution in [1.82, 2.24) is 14.9 Å². The summed E-state index contributed by atoms with van der Waals surface area (Å²) in [5.74, 6) is 2.63. The molecule has 1 aromatic carbocycles. The van der Waals surface area contributed by atoms with Gasteiger partial charge < -0.3 is 19.9 Å². The number of aromatic nitrogens is 2. The van der Waals surface area contributed by atoms with Crippen molar-refractivity contribution in [2.24, 2.45) is 10.9 Å². The van der Waals surface area contributed by atoms with Crippen LogP contribution in [0.4, 0.5) is 16.0 Å². The smallest absolute Gasteiger partial charge is 0.326 e. The molecule has 176 valence electrons. The highest BCUT2D eigenvalue weighted by Gasteiger charge is 2.28. The third-order valence-corrected chi connectivity index (χ3v) is 6.93. The molecule has 34 heavy (non-hydrogen) atoms. The van der Waals surface area contributed by atoms with E-state index in [2.05, 4.69) is 43.2 Å². The monoisotopic (exact) mass is 460 g/mol. The van der Waals surface area contributed by atoms with Gasteiger partial charge in [0.25, 0.3) is 0 Å². The number of likely N-dealkylation sites (N-methyl/N-ethyl adjacent to an activating group) is 1. The van der Waals surface area contributed by atoms with Crippen molar-refractivity contribution in [3.8, 4) is 11.8 Å². The standard InChI is InChI=1S/C26H29FN6O/c1-16-11-18-5-6-21(25(27)20(18)12-16)34-26-30-23(29-22-13-19(15-28-22)17-3-4-17)14-24(31-26)33-9-7-32(2)8-10-33/h5-6,12-14,17H,3-4,7-11,15H2,1-2H3,(H,28,29,30,31). The quantitative estimate of drug-likeness (QED) is 0.719. The lowest BCUT2D eigenvalue weighted by atomic mass is 10.1. The molecular weight excluding hydrogens is 431 g/mol. The molecule has 1 N–H and O–H groups in total. The van der Waals surface area contributed by atoms with E-state index in [1.807, 2.05) is 25.1 Å². The van der Waals surface area contributed by atoms with Crippen LogP contribution < -0.4 is 15.0 Å². The number of benzene rings is 1. The summed E-state index contributed by atoms with van der Waals surface area (Å²) in [6, 6.07) is 5.64. The Morgan fingerprint density at radius 3 is 2.71 bits per heavy atom. The van der Waals surface area contributed by atoms with Crippen LogP contribution in [0.25, 0.3) is 6.08 Å². The van der Waals surface area contributed by atoms with E-state index < -0.39 is 0 Å². The first-order valence-corrected chi connectivity index (χ1v) is 12.0. The van der Waals surface area contributed by atoms with Gasteiger partial charge in [0.1, 0.15) is 17.5 Å². The van der Waals surface area contributed by atoms with Crippen LogP contribution in [0.2, 0.25) is 0 Å². The Balaban J connectivity index is 1.30. The highest BCUT2D eigenvalue weighted by molar-refractivity contribution is 6.05. The van der Waals surface area contributed by atoms with Crippen LogP contribution >= 0.6 is 0 Å². The van der Waals surface area contributed by atoms with Crippen LogP contribution in [-0.4, -0.2) is 60.5 Å². The number of ether oxygens (including phenoxy) is 1. The van der Waals surface area contributed by atoms with E-state index in [-0.39, 0.29) is 17.6 Å². The lowest BCUT2D eigenvalue weighted by Crippen LogP contribution is -2.44. The average molecular weight is 461 g/mol. The SMILES string of the molecule is CC1=Cc2c(ccc(Oc3nc(NC4=NCC(C5CC5)=C4)cc(N4CCN(C)CC4)n3)c2F)C1. The highest BCUT2D eigenvalue weighted by atomic mass is 19.1. The molecular formula is C26H29FN6O. The number of anilines is 2. The molecule has 4 aliphatic rings. The summed E-state index contributed by atoms with van der Waals surface area (Å²) in [6.07, 6.45) is 7.30. The van der Waals surface area contributed by atoms with Gasteiger partial charge in [-0.1, -0.05) is 17.7 Å². The maximum absolute atomic E-state index is 15.2. The Bertz CT molecular complexity index is 1220. The number of aliphatic imine (C=N–C) groups is 1. The van der Waals surface area contributed by atoms with Crippen LogP contribution in [0, 0.1) is 11.7 Å². The number of nitrogens with zero attached hydrogens (tertiary/aromatic N) is 5. The summed E-state index contributed by atoms with van der Waals surface area (Å²) in [6.45, 7) is 6.38. The van der Waals surface area contributed by atoms with E-state index in [1.165, 1.54) is 18.4 Å². The van der Waals surface area contributed by atoms with E-state index in [0.717, 1.165) is 61.9 Å². The Morgan fingerprint density at radius 2 is 1.91 bits per heavy atom. The second kappa shape index (κ2) is 8.51. The van der Waals surface area contributed by atoms with Gasteiger partial charge >= 0.3 is 6.01 Å². The van der Waals surface area contributed by atoms with E-state index in [1.54, 1.807) is 6.07 Å². The average Bonchev–Trinajstić information content (AvgIpc) is 3.45. The molecule has 6 rings (SSSR count). The van der Waals surface area contributed by atoms with Gasteiger partial charge in [0.15, 0.2) is 11.6 Å². The molecule has 2 aliphatic carbocycles. The van der Waals surface area contributed by atoms with Crippen LogP contribution in [-0.2, 0) is 6.42 Å². The van der Waals surface area contributed by atoms with Crippen LogP contribution in [0.1, 0.15) is 30.9 Å². The fraction of sp³-hybridized carbons (Fsp3) is 0.423. The summed E-state index contributed by atoms with van der Waals surface area (Å²) < 4.78 is 21.1. The van der Waals surface area contributed by atoms with Crippen LogP contribution in [0.15, 0.2) is 40.4 Å². The first kappa shape index (κ1) is 21.3. The molecule has 1 aromatic heterocycles. The summed E-state index contributed by atoms with van der Waals surface area (Å²) >= 11 is 0. The summed E-state index contributed by atoms with van der Waals surface area (Å²) in [5, 5.41) is 3.33. The Kier molecular flexibility index (Phi) is 5.32. The van der Waals surface area contributed by atoms with Crippen molar-refractivity contribution < 1.29 is 9.13 Å². The zero-order chi connectivity index (χ0) is 23.2. The van der Waals surface area contributed by atoms with Gasteiger partial charge in [-0.2, -0.15) is 9.97 Å². The van der Waals surface area contributed by atoms with Crippen molar-refractivity contribution in [2.75, 3.05) is 50.0 Å². The van der Waals surface area contributed by atoms with E-state index in [0.29, 0.717) is 17.3 Å². The van der Waals surface area contributed by atoms with Gasteiger partial charge in [-0.25, -0.2) is 4.39 Å². The maximum Gasteiger partial charge on any atom is 0.326 e. The number of rotatable bonds is 5. The van der Waals surface area contributed by atoms with E-state index in [4.69, 9.17) is 4.74 Å². The normalized spacial score (nSPS) is 20.1. The molecule has 8 heteroatoms. The van der Waals surface area contributed by atoms with E-state index >= 15 is 4.39 Å². The third kappa shape index (κ3) is 4.30. The van der Waals surface area contributed by atoms with Crippen molar-refractivity contribution in [2.45, 2.75) is 26.2 Å². The molecule has 0 amide bonds. The second-order valence-corrected chi connectivity index (χ2v) is 9.72. The minimum atomic E-state index is -0.366. The number of hydrogen-bond donors (Lipinski definition) is 1. The van der Waals surface area contributed by atoms with E-state index in [9.17, 15) is 0 Å². The molecule has 0 spiro atoms. The fourth-order valence-electron chi connectivity index (χ4n) is 4.77. The molecule has 0 atom stereocenters. The zero-order valence-corrected chi connectivity index (χ0v) is 19.6. The highest BCUT2D eigenvalue weighted by Crippen LogP contribution is 2.38. The molecule has 1 saturated carbocycles. The molecule has 0 radical (unpaired) electrons. The first-order chi connectivity index (χ1) is 16.5. The third-order valence-electron chi connectivity index (χ3n) is 6.93. The minimum Gasteiger partial charge on any atom is -0.421 e. The molecule has 0 bridgehead atoms. The van der Waals surface area contributed by atoms with Crippen molar-refractivity contribution >= 4 is 23.5 Å². The lowest BCUT2D eigenvalue weighted by molar-refractivity contribution is 0.311. The van der Waals surface area contributed by atoms with Crippen molar-refractivity contribution in [3.63, 3.8) is 0 Å². The molecule has 2 aliphatic heterocycles. The van der Waals surface area contributed by atoms with Crippen LogP contribution in [0.3, 0.4) is 0 Å². The molecule has 7 nitrogen and oxygen atoms in total. The van der Waals surface area contributed by atoms with Crippen LogP contribution in [0.5, 0.6) is 11.8 Å². The number of hydrogen-bond acceptors (Lipinski definition) is 7. The number of allylic oxidation sites excluding steroid dienone is 1. The summed E-state index contributed by atoms with van der Waals surface area (Å²) in [5.41, 5.74) is 4.11. The van der Waals surface area contributed by atoms with Gasteiger partial charge in [0.2, 0.25) is 0 Å². The topological polar surface area (TPSA) is 65.9 Å². The zero-order valence-electron chi connectivity index (χ0n) is 19.6. The second-order valence-electron chi connectivity index (χ2n) is 9.72. The van der Waals surface area contributed by atoms with Gasteiger partial charge in [0.05, 0.1) is 6.54 Å². The fourth-order valence-corrected chi connectivity index (χ4v) is 4.77.